The zero-order valence-corrected chi connectivity index (χ0v) is 14.5. The van der Waals surface area contributed by atoms with Gasteiger partial charge in [-0.15, -0.1) is 0 Å². The Hall–Kier alpha value is -3.82. The first kappa shape index (κ1) is 16.6. The molecule has 2 aromatic heterocycles. The molecule has 0 saturated carbocycles. The number of nitro benzene ring substituents is 1. The summed E-state index contributed by atoms with van der Waals surface area (Å²) >= 11 is 0. The monoisotopic (exact) mass is 365 g/mol. The normalized spacial score (nSPS) is 12.5. The van der Waals surface area contributed by atoms with Crippen LogP contribution in [-0.2, 0) is 0 Å². The summed E-state index contributed by atoms with van der Waals surface area (Å²) in [5.74, 6) is 1.37. The number of nitrogens with one attached hydrogen (secondary N) is 2. The van der Waals surface area contributed by atoms with Crippen molar-refractivity contribution in [1.82, 2.24) is 19.9 Å². The van der Waals surface area contributed by atoms with E-state index in [0.29, 0.717) is 40.1 Å². The van der Waals surface area contributed by atoms with Gasteiger partial charge in [0.2, 0.25) is 11.8 Å². The van der Waals surface area contributed by atoms with Crippen molar-refractivity contribution in [3.63, 3.8) is 0 Å². The molecule has 3 aromatic rings. The summed E-state index contributed by atoms with van der Waals surface area (Å²) < 4.78 is 5.88. The van der Waals surface area contributed by atoms with Crippen molar-refractivity contribution in [1.29, 1.82) is 0 Å². The molecule has 27 heavy (non-hydrogen) atoms. The number of non-ortho nitro benzene ring substituents is 1. The van der Waals surface area contributed by atoms with Gasteiger partial charge in [-0.25, -0.2) is 19.9 Å². The van der Waals surface area contributed by atoms with E-state index < -0.39 is 10.8 Å². The third-order valence-corrected chi connectivity index (χ3v) is 4.35. The van der Waals surface area contributed by atoms with Crippen molar-refractivity contribution in [2.75, 3.05) is 24.7 Å². The summed E-state index contributed by atoms with van der Waals surface area (Å²) in [7, 11) is 3.48. The predicted molar refractivity (Wildman–Crippen MR) is 97.3 cm³/mol. The van der Waals surface area contributed by atoms with E-state index in [-0.39, 0.29) is 5.69 Å². The topological polar surface area (TPSA) is 128 Å². The summed E-state index contributed by atoms with van der Waals surface area (Å²) in [6.07, 6.45) is 2.78. The minimum atomic E-state index is -0.448. The number of anilines is 2. The maximum Gasteiger partial charge on any atom is 0.269 e. The molecule has 0 spiro atoms. The van der Waals surface area contributed by atoms with Gasteiger partial charge in [0.1, 0.15) is 24.3 Å². The lowest BCUT2D eigenvalue weighted by Gasteiger charge is -2.29. The summed E-state index contributed by atoms with van der Waals surface area (Å²) in [4.78, 5) is 27.9. The van der Waals surface area contributed by atoms with E-state index in [1.165, 1.54) is 24.8 Å². The van der Waals surface area contributed by atoms with E-state index in [9.17, 15) is 10.1 Å². The minimum Gasteiger partial charge on any atom is -0.420 e. The Labute approximate surface area is 153 Å². The maximum absolute atomic E-state index is 11.3. The summed E-state index contributed by atoms with van der Waals surface area (Å²) in [5, 5.41) is 17.3. The van der Waals surface area contributed by atoms with Crippen LogP contribution in [0.15, 0.2) is 36.9 Å². The minimum absolute atomic E-state index is 0.00666. The second-order valence-electron chi connectivity index (χ2n) is 5.77. The molecule has 136 valence electrons. The molecule has 0 atom stereocenters. The van der Waals surface area contributed by atoms with Crippen LogP contribution in [0, 0.1) is 10.1 Å². The molecule has 10 heteroatoms. The van der Waals surface area contributed by atoms with Crippen LogP contribution in [0.3, 0.4) is 0 Å². The van der Waals surface area contributed by atoms with Crippen LogP contribution < -0.4 is 15.4 Å². The number of hydrogen-bond acceptors (Lipinski definition) is 9. The Kier molecular flexibility index (Phi) is 3.99. The van der Waals surface area contributed by atoms with Gasteiger partial charge in [0, 0.05) is 26.2 Å². The number of rotatable bonds is 4. The van der Waals surface area contributed by atoms with E-state index in [1.54, 1.807) is 20.2 Å². The van der Waals surface area contributed by atoms with Crippen molar-refractivity contribution < 1.29 is 9.66 Å². The molecule has 2 N–H and O–H groups in total. The predicted octanol–water partition coefficient (Wildman–Crippen LogP) is 2.54. The van der Waals surface area contributed by atoms with Gasteiger partial charge in [0.15, 0.2) is 0 Å². The highest BCUT2D eigenvalue weighted by atomic mass is 16.6. The van der Waals surface area contributed by atoms with E-state index >= 15 is 0 Å². The fraction of sp³-hybridized carbons (Fsp3) is 0.176. The van der Waals surface area contributed by atoms with Crippen LogP contribution in [-0.4, -0.2) is 39.0 Å². The van der Waals surface area contributed by atoms with Crippen molar-refractivity contribution in [2.24, 2.45) is 0 Å². The van der Waals surface area contributed by atoms with Crippen molar-refractivity contribution in [3.05, 3.63) is 63.7 Å². The second-order valence-corrected chi connectivity index (χ2v) is 5.77. The smallest absolute Gasteiger partial charge is 0.269 e. The largest absolute Gasteiger partial charge is 0.420 e. The van der Waals surface area contributed by atoms with Crippen molar-refractivity contribution in [3.8, 4) is 11.8 Å². The molecular formula is C17H15N7O3. The Morgan fingerprint density at radius 2 is 1.59 bits per heavy atom. The van der Waals surface area contributed by atoms with Gasteiger partial charge in [-0.1, -0.05) is 12.1 Å². The molecule has 0 bridgehead atoms. The van der Waals surface area contributed by atoms with Gasteiger partial charge in [-0.2, -0.15) is 0 Å². The lowest BCUT2D eigenvalue weighted by molar-refractivity contribution is -0.384. The molecule has 1 aromatic carbocycles. The first-order chi connectivity index (χ1) is 13.1. The number of benzene rings is 1. The third kappa shape index (κ3) is 2.67. The van der Waals surface area contributed by atoms with Gasteiger partial charge in [0.05, 0.1) is 22.0 Å². The van der Waals surface area contributed by atoms with E-state index in [2.05, 4.69) is 30.6 Å². The molecule has 3 heterocycles. The van der Waals surface area contributed by atoms with E-state index in [0.717, 1.165) is 0 Å². The van der Waals surface area contributed by atoms with Crippen LogP contribution >= 0.6 is 0 Å². The molecule has 0 radical (unpaired) electrons. The lowest BCUT2D eigenvalue weighted by Crippen LogP contribution is -2.19. The number of hydrogen-bond donors (Lipinski definition) is 2. The highest BCUT2D eigenvalue weighted by Gasteiger charge is 2.36. The first-order valence-electron chi connectivity index (χ1n) is 8.11. The average molecular weight is 365 g/mol. The molecule has 0 aliphatic carbocycles. The van der Waals surface area contributed by atoms with Gasteiger partial charge >= 0.3 is 0 Å². The molecule has 0 amide bonds. The van der Waals surface area contributed by atoms with Crippen LogP contribution in [0.1, 0.15) is 22.6 Å². The van der Waals surface area contributed by atoms with Crippen LogP contribution in [0.2, 0.25) is 0 Å². The van der Waals surface area contributed by atoms with Crippen LogP contribution in [0.4, 0.5) is 17.3 Å². The summed E-state index contributed by atoms with van der Waals surface area (Å²) in [5.41, 5.74) is 2.01. The quantitative estimate of drug-likeness (QED) is 0.414. The number of nitro groups is 1. The molecule has 1 aliphatic rings. The third-order valence-electron chi connectivity index (χ3n) is 4.35. The second kappa shape index (κ2) is 6.48. The van der Waals surface area contributed by atoms with E-state index in [1.807, 2.05) is 6.07 Å². The van der Waals surface area contributed by atoms with Gasteiger partial charge < -0.3 is 15.4 Å². The number of ether oxygens (including phenoxy) is 1. The molecule has 4 rings (SSSR count). The lowest BCUT2D eigenvalue weighted by atomic mass is 9.84. The Bertz CT molecular complexity index is 987. The molecule has 0 unspecified atom stereocenters. The Morgan fingerprint density at radius 3 is 2.11 bits per heavy atom. The van der Waals surface area contributed by atoms with E-state index in [4.69, 9.17) is 4.74 Å². The molecule has 0 fully saturated rings. The van der Waals surface area contributed by atoms with Gasteiger partial charge in [-0.05, 0) is 5.56 Å². The highest BCUT2D eigenvalue weighted by Crippen LogP contribution is 2.50. The number of nitrogens with zero attached hydrogens (tertiary/aromatic N) is 5. The zero-order chi connectivity index (χ0) is 19.0. The fourth-order valence-corrected chi connectivity index (χ4v) is 3.23. The standard InChI is InChI=1S/C17H15N7O3/c1-18-14-12-11(9-4-3-5-10(6-9)24(25)26)13-15(19-2)21-8-23-17(13)27-16(12)22-7-20-14/h3-8,11H,1-2H3,(H,18,20,22)(H,19,21,23). The maximum atomic E-state index is 11.3. The number of aromatic nitrogens is 4. The molecular weight excluding hydrogens is 350 g/mol. The molecule has 1 aliphatic heterocycles. The highest BCUT2D eigenvalue weighted by molar-refractivity contribution is 5.68. The molecule has 0 saturated heterocycles. The Balaban J connectivity index is 2.03. The van der Waals surface area contributed by atoms with Crippen LogP contribution in [0.25, 0.3) is 0 Å². The summed E-state index contributed by atoms with van der Waals surface area (Å²) in [6, 6.07) is 6.44. The van der Waals surface area contributed by atoms with Gasteiger partial charge in [-0.3, -0.25) is 10.1 Å². The molecule has 10 nitrogen and oxygen atoms in total. The van der Waals surface area contributed by atoms with Crippen molar-refractivity contribution >= 4 is 17.3 Å². The SMILES string of the molecule is CNc1ncnc2c1C(c1cccc([N+](=O)[O-])c1)c1c(NC)ncnc1O2. The zero-order valence-electron chi connectivity index (χ0n) is 14.5. The Morgan fingerprint density at radius 1 is 1.00 bits per heavy atom. The van der Waals surface area contributed by atoms with Gasteiger partial charge in [0.25, 0.3) is 5.69 Å². The van der Waals surface area contributed by atoms with Crippen molar-refractivity contribution in [2.45, 2.75) is 5.92 Å². The van der Waals surface area contributed by atoms with Crippen LogP contribution in [0.5, 0.6) is 11.8 Å². The first-order valence-corrected chi connectivity index (χ1v) is 8.11. The summed E-state index contributed by atoms with van der Waals surface area (Å²) in [6.45, 7) is 0. The number of fused-ring (bicyclic) bond motifs is 2. The fourth-order valence-electron chi connectivity index (χ4n) is 3.23. The average Bonchev–Trinajstić information content (AvgIpc) is 2.71.